The third-order valence-corrected chi connectivity index (χ3v) is 3.43. The van der Waals surface area contributed by atoms with Crippen molar-refractivity contribution < 1.29 is 4.74 Å². The molecule has 0 spiro atoms. The number of hydrogen-bond acceptors (Lipinski definition) is 3. The van der Waals surface area contributed by atoms with Gasteiger partial charge in [-0.3, -0.25) is 0 Å². The van der Waals surface area contributed by atoms with Crippen molar-refractivity contribution in [2.75, 3.05) is 32.1 Å². The van der Waals surface area contributed by atoms with Gasteiger partial charge in [0, 0.05) is 37.4 Å². The molecule has 0 aromatic heterocycles. The minimum atomic E-state index is 0.217. The maximum atomic E-state index is 5.24. The zero-order chi connectivity index (χ0) is 13.6. The van der Waals surface area contributed by atoms with Crippen LogP contribution < -0.4 is 15.0 Å². The van der Waals surface area contributed by atoms with Gasteiger partial charge in [-0.25, -0.2) is 0 Å². The van der Waals surface area contributed by atoms with Crippen molar-refractivity contribution in [2.24, 2.45) is 0 Å². The van der Waals surface area contributed by atoms with Crippen LogP contribution in [0.5, 0.6) is 5.75 Å². The lowest BCUT2D eigenvalue weighted by Crippen LogP contribution is -2.42. The zero-order valence-electron chi connectivity index (χ0n) is 12.3. The predicted octanol–water partition coefficient (Wildman–Crippen LogP) is 2.91. The van der Waals surface area contributed by atoms with Crippen LogP contribution in [0.4, 0.5) is 5.69 Å². The summed E-state index contributed by atoms with van der Waals surface area (Å²) in [6, 6.07) is 8.16. The number of hydrogen-bond donors (Lipinski definition) is 1. The van der Waals surface area contributed by atoms with Gasteiger partial charge in [0.15, 0.2) is 0 Å². The third kappa shape index (κ3) is 4.57. The van der Waals surface area contributed by atoms with Crippen LogP contribution in [-0.4, -0.2) is 32.8 Å². The summed E-state index contributed by atoms with van der Waals surface area (Å²) in [5, 5.41) is 3.57. The molecule has 0 aliphatic rings. The molecule has 0 fully saturated rings. The summed E-state index contributed by atoms with van der Waals surface area (Å²) in [7, 11) is 3.81. The predicted molar refractivity (Wildman–Crippen MR) is 78.6 cm³/mol. The van der Waals surface area contributed by atoms with E-state index in [9.17, 15) is 0 Å². The van der Waals surface area contributed by atoms with Crippen LogP contribution in [0.15, 0.2) is 24.3 Å². The minimum Gasteiger partial charge on any atom is -0.497 e. The molecular weight excluding hydrogens is 224 g/mol. The molecule has 1 N–H and O–H groups in total. The van der Waals surface area contributed by atoms with E-state index in [2.05, 4.69) is 50.2 Å². The molecule has 102 valence electrons. The summed E-state index contributed by atoms with van der Waals surface area (Å²) in [6.07, 6.45) is 1.13. The van der Waals surface area contributed by atoms with E-state index >= 15 is 0 Å². The highest BCUT2D eigenvalue weighted by molar-refractivity contribution is 5.50. The number of methoxy groups -OCH3 is 1. The molecule has 0 aliphatic heterocycles. The summed E-state index contributed by atoms with van der Waals surface area (Å²) < 4.78 is 5.24. The summed E-state index contributed by atoms with van der Waals surface area (Å²) in [6.45, 7) is 8.64. The standard InChI is InChI=1S/C15H26N2O/c1-6-15(2,3)16-10-11-17(4)13-8-7-9-14(12-13)18-5/h7-9,12,16H,6,10-11H2,1-5H3. The highest BCUT2D eigenvalue weighted by atomic mass is 16.5. The first-order valence-corrected chi connectivity index (χ1v) is 6.59. The first-order chi connectivity index (χ1) is 8.48. The molecule has 18 heavy (non-hydrogen) atoms. The molecule has 1 aromatic rings. The van der Waals surface area contributed by atoms with Gasteiger partial charge < -0.3 is 15.0 Å². The maximum absolute atomic E-state index is 5.24. The van der Waals surface area contributed by atoms with Gasteiger partial charge in [-0.2, -0.15) is 0 Å². The van der Waals surface area contributed by atoms with E-state index in [0.29, 0.717) is 0 Å². The normalized spacial score (nSPS) is 11.4. The smallest absolute Gasteiger partial charge is 0.120 e. The summed E-state index contributed by atoms with van der Waals surface area (Å²) in [4.78, 5) is 2.24. The van der Waals surface area contributed by atoms with Crippen LogP contribution in [0.1, 0.15) is 27.2 Å². The van der Waals surface area contributed by atoms with Gasteiger partial charge in [0.1, 0.15) is 5.75 Å². The quantitative estimate of drug-likeness (QED) is 0.805. The molecule has 1 rings (SSSR count). The van der Waals surface area contributed by atoms with Gasteiger partial charge in [0.05, 0.1) is 7.11 Å². The van der Waals surface area contributed by atoms with Crippen LogP contribution in [-0.2, 0) is 0 Å². The first-order valence-electron chi connectivity index (χ1n) is 6.59. The highest BCUT2D eigenvalue weighted by Crippen LogP contribution is 2.19. The minimum absolute atomic E-state index is 0.217. The molecule has 3 nitrogen and oxygen atoms in total. The second kappa shape index (κ2) is 6.64. The fourth-order valence-electron chi connectivity index (χ4n) is 1.66. The lowest BCUT2D eigenvalue weighted by Gasteiger charge is -2.27. The lowest BCUT2D eigenvalue weighted by atomic mass is 10.0. The number of nitrogens with zero attached hydrogens (tertiary/aromatic N) is 1. The summed E-state index contributed by atoms with van der Waals surface area (Å²) in [5.41, 5.74) is 1.40. The molecule has 0 saturated heterocycles. The van der Waals surface area contributed by atoms with E-state index in [1.807, 2.05) is 12.1 Å². The van der Waals surface area contributed by atoms with Gasteiger partial charge in [0.2, 0.25) is 0 Å². The Bertz CT molecular complexity index is 363. The molecule has 0 radical (unpaired) electrons. The van der Waals surface area contributed by atoms with Gasteiger partial charge in [-0.05, 0) is 32.4 Å². The zero-order valence-corrected chi connectivity index (χ0v) is 12.3. The number of rotatable bonds is 7. The van der Waals surface area contributed by atoms with Crippen molar-refractivity contribution in [1.29, 1.82) is 0 Å². The summed E-state index contributed by atoms with van der Waals surface area (Å²) >= 11 is 0. The fourth-order valence-corrected chi connectivity index (χ4v) is 1.66. The Balaban J connectivity index is 2.47. The lowest BCUT2D eigenvalue weighted by molar-refractivity contribution is 0.381. The first kappa shape index (κ1) is 14.8. The highest BCUT2D eigenvalue weighted by Gasteiger charge is 2.13. The van der Waals surface area contributed by atoms with Crippen molar-refractivity contribution in [2.45, 2.75) is 32.7 Å². The second-order valence-corrected chi connectivity index (χ2v) is 5.29. The average Bonchev–Trinajstić information content (AvgIpc) is 2.38. The van der Waals surface area contributed by atoms with Crippen LogP contribution >= 0.6 is 0 Å². The molecule has 0 unspecified atom stereocenters. The molecule has 1 aromatic carbocycles. The molecule has 0 atom stereocenters. The van der Waals surface area contributed by atoms with Gasteiger partial charge in [-0.1, -0.05) is 13.0 Å². The van der Waals surface area contributed by atoms with Crippen molar-refractivity contribution in [3.8, 4) is 5.75 Å². The number of likely N-dealkylation sites (N-methyl/N-ethyl adjacent to an activating group) is 1. The molecule has 0 aliphatic carbocycles. The maximum Gasteiger partial charge on any atom is 0.120 e. The largest absolute Gasteiger partial charge is 0.497 e. The molecule has 3 heteroatoms. The van der Waals surface area contributed by atoms with Crippen molar-refractivity contribution in [3.63, 3.8) is 0 Å². The molecular formula is C15H26N2O. The van der Waals surface area contributed by atoms with E-state index in [-0.39, 0.29) is 5.54 Å². The SMILES string of the molecule is CCC(C)(C)NCCN(C)c1cccc(OC)c1. The van der Waals surface area contributed by atoms with Crippen LogP contribution in [0.2, 0.25) is 0 Å². The molecule has 0 heterocycles. The van der Waals surface area contributed by atoms with Crippen molar-refractivity contribution >= 4 is 5.69 Å². The van der Waals surface area contributed by atoms with Gasteiger partial charge in [0.25, 0.3) is 0 Å². The Morgan fingerprint density at radius 1 is 1.33 bits per heavy atom. The number of benzene rings is 1. The van der Waals surface area contributed by atoms with E-state index in [0.717, 1.165) is 25.3 Å². The molecule has 0 saturated carbocycles. The number of ether oxygens (including phenoxy) is 1. The number of nitrogens with one attached hydrogen (secondary N) is 1. The van der Waals surface area contributed by atoms with Crippen LogP contribution in [0, 0.1) is 0 Å². The Labute approximate surface area is 111 Å². The van der Waals surface area contributed by atoms with Crippen molar-refractivity contribution in [3.05, 3.63) is 24.3 Å². The number of anilines is 1. The van der Waals surface area contributed by atoms with Crippen molar-refractivity contribution in [1.82, 2.24) is 5.32 Å². The van der Waals surface area contributed by atoms with E-state index in [1.54, 1.807) is 7.11 Å². The summed E-state index contributed by atoms with van der Waals surface area (Å²) in [5.74, 6) is 0.904. The monoisotopic (exact) mass is 250 g/mol. The molecule has 0 bridgehead atoms. The van der Waals surface area contributed by atoms with E-state index in [4.69, 9.17) is 4.74 Å². The Kier molecular flexibility index (Phi) is 5.48. The fraction of sp³-hybridized carbons (Fsp3) is 0.600. The second-order valence-electron chi connectivity index (χ2n) is 5.29. The Morgan fingerprint density at radius 2 is 2.06 bits per heavy atom. The Morgan fingerprint density at radius 3 is 2.67 bits per heavy atom. The topological polar surface area (TPSA) is 24.5 Å². The Hall–Kier alpha value is -1.22. The van der Waals surface area contributed by atoms with Gasteiger partial charge >= 0.3 is 0 Å². The van der Waals surface area contributed by atoms with Crippen LogP contribution in [0.3, 0.4) is 0 Å². The van der Waals surface area contributed by atoms with E-state index in [1.165, 1.54) is 5.69 Å². The van der Waals surface area contributed by atoms with Crippen LogP contribution in [0.25, 0.3) is 0 Å². The average molecular weight is 250 g/mol. The van der Waals surface area contributed by atoms with E-state index < -0.39 is 0 Å². The van der Waals surface area contributed by atoms with Gasteiger partial charge in [-0.15, -0.1) is 0 Å². The third-order valence-electron chi connectivity index (χ3n) is 3.43. The molecule has 0 amide bonds.